The number of hydrogen-bond acceptors (Lipinski definition) is 2. The van der Waals surface area contributed by atoms with E-state index < -0.39 is 23.5 Å². The first kappa shape index (κ1) is 15.4. The number of amides is 1. The number of rotatable bonds is 3. The summed E-state index contributed by atoms with van der Waals surface area (Å²) in [5.74, 6) is -3.36. The molecule has 0 spiro atoms. The van der Waals surface area contributed by atoms with E-state index in [0.29, 0.717) is 31.7 Å². The smallest absolute Gasteiger partial charge is 0.306 e. The molecule has 0 atom stereocenters. The molecular weight excluding hydrogens is 280 g/mol. The highest BCUT2D eigenvalue weighted by molar-refractivity contribution is 5.94. The van der Waals surface area contributed by atoms with E-state index in [9.17, 15) is 18.4 Å². The van der Waals surface area contributed by atoms with Crippen molar-refractivity contribution in [1.29, 1.82) is 0 Å². The Bertz CT molecular complexity index is 566. The molecule has 2 rings (SSSR count). The molecule has 2 N–H and O–H groups in total. The van der Waals surface area contributed by atoms with E-state index >= 15 is 0 Å². The van der Waals surface area contributed by atoms with Crippen LogP contribution in [-0.2, 0) is 4.79 Å². The Morgan fingerprint density at radius 3 is 2.33 bits per heavy atom. The molecule has 21 heavy (non-hydrogen) atoms. The third-order valence-electron chi connectivity index (χ3n) is 3.90. The third-order valence-corrected chi connectivity index (χ3v) is 3.90. The van der Waals surface area contributed by atoms with E-state index in [1.54, 1.807) is 0 Å². The van der Waals surface area contributed by atoms with E-state index in [2.05, 4.69) is 5.32 Å². The van der Waals surface area contributed by atoms with Gasteiger partial charge in [0.15, 0.2) is 0 Å². The maximum atomic E-state index is 13.6. The van der Waals surface area contributed by atoms with Crippen LogP contribution in [-0.4, -0.2) is 23.0 Å². The van der Waals surface area contributed by atoms with Gasteiger partial charge in [-0.25, -0.2) is 8.78 Å². The van der Waals surface area contributed by atoms with Crippen molar-refractivity contribution in [2.45, 2.75) is 38.6 Å². The Labute approximate surface area is 121 Å². The van der Waals surface area contributed by atoms with Gasteiger partial charge in [-0.2, -0.15) is 0 Å². The summed E-state index contributed by atoms with van der Waals surface area (Å²) in [6.45, 7) is 1.46. The molecule has 1 aliphatic rings. The molecule has 4 nitrogen and oxygen atoms in total. The average Bonchev–Trinajstić information content (AvgIpc) is 2.43. The minimum Gasteiger partial charge on any atom is -0.481 e. The second-order valence-electron chi connectivity index (χ2n) is 5.44. The summed E-state index contributed by atoms with van der Waals surface area (Å²) >= 11 is 0. The fraction of sp³-hybridized carbons (Fsp3) is 0.467. The number of halogens is 2. The highest BCUT2D eigenvalue weighted by Crippen LogP contribution is 2.25. The van der Waals surface area contributed by atoms with Gasteiger partial charge in [-0.3, -0.25) is 9.59 Å². The molecule has 0 unspecified atom stereocenters. The number of nitrogens with one attached hydrogen (secondary N) is 1. The zero-order valence-corrected chi connectivity index (χ0v) is 11.7. The first-order valence-electron chi connectivity index (χ1n) is 6.87. The van der Waals surface area contributed by atoms with Crippen molar-refractivity contribution in [2.24, 2.45) is 5.92 Å². The van der Waals surface area contributed by atoms with Gasteiger partial charge in [0.1, 0.15) is 11.6 Å². The Morgan fingerprint density at radius 1 is 1.14 bits per heavy atom. The molecule has 0 heterocycles. The first-order valence-corrected chi connectivity index (χ1v) is 6.87. The molecule has 0 saturated heterocycles. The summed E-state index contributed by atoms with van der Waals surface area (Å²) < 4.78 is 26.8. The summed E-state index contributed by atoms with van der Waals surface area (Å²) in [4.78, 5) is 22.9. The van der Waals surface area contributed by atoms with Crippen LogP contribution in [0.3, 0.4) is 0 Å². The van der Waals surface area contributed by atoms with Crippen molar-refractivity contribution >= 4 is 11.9 Å². The van der Waals surface area contributed by atoms with E-state index in [-0.39, 0.29) is 23.1 Å². The van der Waals surface area contributed by atoms with Gasteiger partial charge in [0.25, 0.3) is 5.91 Å². The van der Waals surface area contributed by atoms with Crippen molar-refractivity contribution in [3.05, 3.63) is 34.9 Å². The molecule has 1 aromatic carbocycles. The summed E-state index contributed by atoms with van der Waals surface area (Å²) in [6, 6.07) is 1.71. The highest BCUT2D eigenvalue weighted by Gasteiger charge is 2.27. The summed E-state index contributed by atoms with van der Waals surface area (Å²) in [6.07, 6.45) is 2.07. The van der Waals surface area contributed by atoms with E-state index in [1.165, 1.54) is 13.0 Å². The van der Waals surface area contributed by atoms with Crippen LogP contribution in [0.4, 0.5) is 8.78 Å². The zero-order chi connectivity index (χ0) is 15.6. The fourth-order valence-electron chi connectivity index (χ4n) is 2.58. The average molecular weight is 297 g/mol. The molecule has 1 saturated carbocycles. The summed E-state index contributed by atoms with van der Waals surface area (Å²) in [5, 5.41) is 11.6. The molecule has 1 fully saturated rings. The number of carbonyl (C=O) groups is 2. The molecule has 0 radical (unpaired) electrons. The van der Waals surface area contributed by atoms with Crippen molar-refractivity contribution in [3.63, 3.8) is 0 Å². The maximum Gasteiger partial charge on any atom is 0.306 e. The number of hydrogen-bond donors (Lipinski definition) is 2. The molecule has 1 aliphatic carbocycles. The molecule has 0 aliphatic heterocycles. The van der Waals surface area contributed by atoms with Gasteiger partial charge >= 0.3 is 5.97 Å². The van der Waals surface area contributed by atoms with Gasteiger partial charge in [0, 0.05) is 12.1 Å². The van der Waals surface area contributed by atoms with Crippen LogP contribution in [0.1, 0.15) is 41.6 Å². The second-order valence-corrected chi connectivity index (χ2v) is 5.44. The number of carboxylic acids is 1. The monoisotopic (exact) mass is 297 g/mol. The van der Waals surface area contributed by atoms with Crippen molar-refractivity contribution < 1.29 is 23.5 Å². The van der Waals surface area contributed by atoms with Crippen LogP contribution in [0.25, 0.3) is 0 Å². The van der Waals surface area contributed by atoms with Crippen LogP contribution in [0, 0.1) is 24.5 Å². The van der Waals surface area contributed by atoms with Gasteiger partial charge < -0.3 is 10.4 Å². The topological polar surface area (TPSA) is 66.4 Å². The minimum absolute atomic E-state index is 0.169. The quantitative estimate of drug-likeness (QED) is 0.901. The lowest BCUT2D eigenvalue weighted by atomic mass is 9.86. The summed E-state index contributed by atoms with van der Waals surface area (Å²) in [5.41, 5.74) is 0.0189. The van der Waals surface area contributed by atoms with Crippen molar-refractivity contribution in [1.82, 2.24) is 5.32 Å². The Balaban J connectivity index is 2.00. The van der Waals surface area contributed by atoms with Crippen molar-refractivity contribution in [3.8, 4) is 0 Å². The Hall–Kier alpha value is -1.98. The molecule has 6 heteroatoms. The fourth-order valence-corrected chi connectivity index (χ4v) is 2.58. The Morgan fingerprint density at radius 2 is 1.76 bits per heavy atom. The van der Waals surface area contributed by atoms with Gasteiger partial charge in [-0.15, -0.1) is 0 Å². The zero-order valence-electron chi connectivity index (χ0n) is 11.7. The molecule has 1 amide bonds. The molecule has 114 valence electrons. The van der Waals surface area contributed by atoms with E-state index in [1.807, 2.05) is 0 Å². The van der Waals surface area contributed by atoms with Crippen LogP contribution < -0.4 is 5.32 Å². The largest absolute Gasteiger partial charge is 0.481 e. The number of benzene rings is 1. The van der Waals surface area contributed by atoms with Crippen LogP contribution in [0.15, 0.2) is 12.1 Å². The Kier molecular flexibility index (Phi) is 4.55. The predicted octanol–water partition coefficient (Wildman–Crippen LogP) is 2.65. The lowest BCUT2D eigenvalue weighted by Gasteiger charge is -2.26. The number of carbonyl (C=O) groups excluding carboxylic acids is 1. The molecule has 0 bridgehead atoms. The van der Waals surface area contributed by atoms with Crippen LogP contribution >= 0.6 is 0 Å². The van der Waals surface area contributed by atoms with Gasteiger partial charge in [-0.1, -0.05) is 0 Å². The normalized spacial score (nSPS) is 21.9. The first-order chi connectivity index (χ1) is 9.88. The third kappa shape index (κ3) is 3.56. The molecule has 0 aromatic heterocycles. The number of carboxylic acid groups (broad SMARTS) is 1. The van der Waals surface area contributed by atoms with Crippen molar-refractivity contribution in [2.75, 3.05) is 0 Å². The second kappa shape index (κ2) is 6.20. The standard InChI is InChI=1S/C15H17F2NO3/c1-8-6-11(13(17)7-12(8)16)14(19)18-10-4-2-9(3-5-10)15(20)21/h6-7,9-10H,2-5H2,1H3,(H,18,19)(H,20,21). The minimum atomic E-state index is -0.894. The van der Waals surface area contributed by atoms with Crippen LogP contribution in [0.5, 0.6) is 0 Å². The van der Waals surface area contributed by atoms with Crippen LogP contribution in [0.2, 0.25) is 0 Å². The molecular formula is C15H17F2NO3. The SMILES string of the molecule is Cc1cc(C(=O)NC2CCC(C(=O)O)CC2)c(F)cc1F. The maximum absolute atomic E-state index is 13.6. The van der Waals surface area contributed by atoms with E-state index in [4.69, 9.17) is 5.11 Å². The lowest BCUT2D eigenvalue weighted by Crippen LogP contribution is -2.39. The number of aryl methyl sites for hydroxylation is 1. The highest BCUT2D eigenvalue weighted by atomic mass is 19.1. The van der Waals surface area contributed by atoms with Gasteiger partial charge in [-0.05, 0) is 44.2 Å². The summed E-state index contributed by atoms with van der Waals surface area (Å²) in [7, 11) is 0. The number of aliphatic carboxylic acids is 1. The van der Waals surface area contributed by atoms with Gasteiger partial charge in [0.2, 0.25) is 0 Å². The lowest BCUT2D eigenvalue weighted by molar-refractivity contribution is -0.142. The predicted molar refractivity (Wildman–Crippen MR) is 71.9 cm³/mol. The molecule has 1 aromatic rings. The van der Waals surface area contributed by atoms with Gasteiger partial charge in [0.05, 0.1) is 11.5 Å². The van der Waals surface area contributed by atoms with E-state index in [0.717, 1.165) is 0 Å².